The Kier molecular flexibility index (Phi) is 6.21. The molecule has 0 radical (unpaired) electrons. The first-order valence-electron chi connectivity index (χ1n) is 4.93. The second kappa shape index (κ2) is 6.30. The van der Waals surface area contributed by atoms with Gasteiger partial charge in [0.2, 0.25) is 0 Å². The Hall–Kier alpha value is -0.180. The lowest BCUT2D eigenvalue weighted by Crippen LogP contribution is -2.19. The molecular weight excluding hydrogens is 182 g/mol. The topological polar surface area (TPSA) is 29.4 Å². The zero-order valence-corrected chi connectivity index (χ0v) is 9.99. The van der Waals surface area contributed by atoms with E-state index in [1.807, 2.05) is 20.8 Å². The van der Waals surface area contributed by atoms with E-state index in [-0.39, 0.29) is 4.75 Å². The Balaban J connectivity index is 3.67. The molecule has 0 bridgehead atoms. The van der Waals surface area contributed by atoms with Crippen molar-refractivity contribution in [3.63, 3.8) is 0 Å². The first kappa shape index (κ1) is 12.8. The van der Waals surface area contributed by atoms with Crippen molar-refractivity contribution in [3.8, 4) is 0 Å². The first-order chi connectivity index (χ1) is 5.98. The highest BCUT2D eigenvalue weighted by atomic mass is 32.2. The second-order valence-corrected chi connectivity index (χ2v) is 6.08. The van der Waals surface area contributed by atoms with Gasteiger partial charge >= 0.3 is 0 Å². The molecule has 0 saturated heterocycles. The van der Waals surface area contributed by atoms with Crippen molar-refractivity contribution in [1.29, 1.82) is 0 Å². The van der Waals surface area contributed by atoms with Crippen LogP contribution in [-0.4, -0.2) is 15.2 Å². The van der Waals surface area contributed by atoms with Crippen LogP contribution in [0.4, 0.5) is 0 Å². The highest BCUT2D eigenvalue weighted by Crippen LogP contribution is 2.11. The van der Waals surface area contributed by atoms with E-state index in [4.69, 9.17) is 0 Å². The van der Waals surface area contributed by atoms with Gasteiger partial charge in [-0.3, -0.25) is 0 Å². The first-order valence-corrected chi connectivity index (χ1v) is 6.03. The summed E-state index contributed by atoms with van der Waals surface area (Å²) < 4.78 is 15.2. The molecule has 0 aliphatic carbocycles. The van der Waals surface area contributed by atoms with E-state index in [1.165, 1.54) is 12.8 Å². The smallest absolute Gasteiger partial charge is 0.144 e. The molecule has 0 spiro atoms. The van der Waals surface area contributed by atoms with Gasteiger partial charge in [-0.25, -0.2) is 4.21 Å². The zero-order chi connectivity index (χ0) is 10.3. The average Bonchev–Trinajstić information content (AvgIpc) is 2.02. The van der Waals surface area contributed by atoms with Crippen LogP contribution in [0.15, 0.2) is 4.40 Å². The fourth-order valence-corrected chi connectivity index (χ4v) is 1.32. The molecule has 0 fully saturated rings. The Morgan fingerprint density at radius 3 is 2.38 bits per heavy atom. The molecule has 0 aliphatic heterocycles. The van der Waals surface area contributed by atoms with E-state index in [9.17, 15) is 4.21 Å². The van der Waals surface area contributed by atoms with Gasteiger partial charge in [0.1, 0.15) is 11.0 Å². The average molecular weight is 203 g/mol. The summed E-state index contributed by atoms with van der Waals surface area (Å²) in [5.41, 5.74) is 0. The van der Waals surface area contributed by atoms with Crippen molar-refractivity contribution in [2.75, 3.05) is 0 Å². The molecular formula is C10H21NOS. The molecule has 78 valence electrons. The molecule has 0 heterocycles. The Bertz CT molecular complexity index is 182. The summed E-state index contributed by atoms with van der Waals surface area (Å²) in [5, 5.41) is 0. The summed E-state index contributed by atoms with van der Waals surface area (Å²) in [6, 6.07) is 0. The van der Waals surface area contributed by atoms with Gasteiger partial charge < -0.3 is 0 Å². The lowest BCUT2D eigenvalue weighted by molar-refractivity contribution is 0.650. The minimum atomic E-state index is -1.07. The van der Waals surface area contributed by atoms with Crippen LogP contribution in [0.1, 0.15) is 53.4 Å². The number of rotatable bonds is 5. The highest BCUT2D eigenvalue weighted by Gasteiger charge is 2.17. The molecule has 0 amide bonds. The van der Waals surface area contributed by atoms with Crippen LogP contribution in [0.25, 0.3) is 0 Å². The molecule has 3 heteroatoms. The molecule has 0 aromatic carbocycles. The van der Waals surface area contributed by atoms with Crippen molar-refractivity contribution in [1.82, 2.24) is 0 Å². The van der Waals surface area contributed by atoms with Gasteiger partial charge in [0, 0.05) is 6.21 Å². The van der Waals surface area contributed by atoms with Gasteiger partial charge in [-0.05, 0) is 33.6 Å². The maximum Gasteiger partial charge on any atom is 0.144 e. The third-order valence-electron chi connectivity index (χ3n) is 1.63. The molecule has 13 heavy (non-hydrogen) atoms. The second-order valence-electron chi connectivity index (χ2n) is 4.15. The van der Waals surface area contributed by atoms with Gasteiger partial charge in [0.25, 0.3) is 0 Å². The van der Waals surface area contributed by atoms with Gasteiger partial charge in [0.15, 0.2) is 0 Å². The third kappa shape index (κ3) is 6.94. The van der Waals surface area contributed by atoms with Crippen LogP contribution in [0.3, 0.4) is 0 Å². The van der Waals surface area contributed by atoms with Crippen LogP contribution in [0.5, 0.6) is 0 Å². The minimum absolute atomic E-state index is 0.221. The Morgan fingerprint density at radius 2 is 1.92 bits per heavy atom. The number of hydrogen-bond donors (Lipinski definition) is 0. The van der Waals surface area contributed by atoms with E-state index in [1.54, 1.807) is 6.21 Å². The Morgan fingerprint density at radius 1 is 1.31 bits per heavy atom. The molecule has 0 unspecified atom stereocenters. The molecule has 2 nitrogen and oxygen atoms in total. The molecule has 0 aromatic heterocycles. The van der Waals surface area contributed by atoms with Crippen LogP contribution in [0, 0.1) is 0 Å². The van der Waals surface area contributed by atoms with Crippen LogP contribution in [0.2, 0.25) is 0 Å². The molecule has 0 aromatic rings. The maximum atomic E-state index is 11.4. The van der Waals surface area contributed by atoms with Crippen molar-refractivity contribution in [2.24, 2.45) is 4.40 Å². The van der Waals surface area contributed by atoms with Crippen molar-refractivity contribution >= 4 is 17.2 Å². The minimum Gasteiger partial charge on any atom is -0.234 e. The predicted molar refractivity (Wildman–Crippen MR) is 60.5 cm³/mol. The summed E-state index contributed by atoms with van der Waals surface area (Å²) in [5.74, 6) is 0. The summed E-state index contributed by atoms with van der Waals surface area (Å²) in [4.78, 5) is 0. The quantitative estimate of drug-likeness (QED) is 0.498. The normalized spacial score (nSPS) is 15.1. The van der Waals surface area contributed by atoms with Crippen molar-refractivity contribution < 1.29 is 4.21 Å². The van der Waals surface area contributed by atoms with Gasteiger partial charge in [-0.2, -0.15) is 4.40 Å². The van der Waals surface area contributed by atoms with Crippen LogP contribution in [-0.2, 0) is 11.0 Å². The van der Waals surface area contributed by atoms with Gasteiger partial charge in [-0.1, -0.05) is 19.8 Å². The predicted octanol–water partition coefficient (Wildman–Crippen LogP) is 3.10. The lowest BCUT2D eigenvalue weighted by atomic mass is 10.2. The molecule has 0 saturated carbocycles. The maximum absolute atomic E-state index is 11.4. The summed E-state index contributed by atoms with van der Waals surface area (Å²) in [6.07, 6.45) is 6.36. The zero-order valence-electron chi connectivity index (χ0n) is 9.17. The van der Waals surface area contributed by atoms with Crippen LogP contribution < -0.4 is 0 Å². The summed E-state index contributed by atoms with van der Waals surface area (Å²) in [6.45, 7) is 7.98. The highest BCUT2D eigenvalue weighted by molar-refractivity contribution is 7.85. The van der Waals surface area contributed by atoms with Crippen molar-refractivity contribution in [3.05, 3.63) is 0 Å². The van der Waals surface area contributed by atoms with E-state index in [2.05, 4.69) is 11.3 Å². The van der Waals surface area contributed by atoms with E-state index in [0.717, 1.165) is 12.8 Å². The standard InChI is InChI=1S/C10H21NOS/c1-5-6-7-8-9-11-13(12)10(2,3)4/h9H,5-8H2,1-4H3/b11-9+/t13-/m0/s1. The SMILES string of the molecule is CCCCC/C=N/[S@@](=O)C(C)(C)C. The fraction of sp³-hybridized carbons (Fsp3) is 0.900. The van der Waals surface area contributed by atoms with E-state index >= 15 is 0 Å². The van der Waals surface area contributed by atoms with Crippen LogP contribution >= 0.6 is 0 Å². The van der Waals surface area contributed by atoms with Gasteiger partial charge in [-0.15, -0.1) is 0 Å². The summed E-state index contributed by atoms with van der Waals surface area (Å²) >= 11 is 0. The Labute approximate surface area is 84.4 Å². The monoisotopic (exact) mass is 203 g/mol. The van der Waals surface area contributed by atoms with Gasteiger partial charge in [0.05, 0.1) is 4.75 Å². The number of unbranched alkanes of at least 4 members (excludes halogenated alkanes) is 3. The number of nitrogens with zero attached hydrogens (tertiary/aromatic N) is 1. The molecule has 1 atom stereocenters. The molecule has 0 aliphatic rings. The molecule has 0 N–H and O–H groups in total. The number of hydrogen-bond acceptors (Lipinski definition) is 1. The molecule has 0 rings (SSSR count). The fourth-order valence-electron chi connectivity index (χ4n) is 0.764. The largest absolute Gasteiger partial charge is 0.234 e. The van der Waals surface area contributed by atoms with Crippen molar-refractivity contribution in [2.45, 2.75) is 58.1 Å². The van der Waals surface area contributed by atoms with E-state index in [0.29, 0.717) is 0 Å². The van der Waals surface area contributed by atoms with E-state index < -0.39 is 11.0 Å². The summed E-state index contributed by atoms with van der Waals surface area (Å²) in [7, 11) is -1.07. The lowest BCUT2D eigenvalue weighted by Gasteiger charge is -2.12. The third-order valence-corrected chi connectivity index (χ3v) is 3.02.